The van der Waals surface area contributed by atoms with Gasteiger partial charge in [-0.1, -0.05) is 6.07 Å². The molecule has 3 aromatic heterocycles. The van der Waals surface area contributed by atoms with Gasteiger partial charge in [0.25, 0.3) is 6.43 Å². The van der Waals surface area contributed by atoms with Crippen molar-refractivity contribution in [3.63, 3.8) is 0 Å². The van der Waals surface area contributed by atoms with Gasteiger partial charge in [0.05, 0.1) is 44.4 Å². The minimum Gasteiger partial charge on any atom is -0.358 e. The summed E-state index contributed by atoms with van der Waals surface area (Å²) in [4.78, 5) is 22.7. The molecule has 1 unspecified atom stereocenters. The lowest BCUT2D eigenvalue weighted by Crippen LogP contribution is -2.20. The van der Waals surface area contributed by atoms with Crippen LogP contribution < -0.4 is 10.6 Å². The lowest BCUT2D eigenvalue weighted by Gasteiger charge is -2.25. The predicted molar refractivity (Wildman–Crippen MR) is 172 cm³/mol. The summed E-state index contributed by atoms with van der Waals surface area (Å²) in [6.07, 6.45) is 1.26. The summed E-state index contributed by atoms with van der Waals surface area (Å²) in [7, 11) is -3.73. The number of thioether (sulfide) groups is 1. The monoisotopic (exact) mass is 656 g/mol. The van der Waals surface area contributed by atoms with Gasteiger partial charge in [-0.25, -0.2) is 32.2 Å². The number of benzene rings is 1. The highest BCUT2D eigenvalue weighted by Crippen LogP contribution is 2.38. The highest BCUT2D eigenvalue weighted by Gasteiger charge is 2.30. The summed E-state index contributed by atoms with van der Waals surface area (Å²) in [5, 5.41) is 7.07. The summed E-state index contributed by atoms with van der Waals surface area (Å²) in [5.41, 5.74) is 2.77. The number of aryl methyl sites for hydroxylation is 2. The van der Waals surface area contributed by atoms with Crippen molar-refractivity contribution in [2.24, 2.45) is 4.99 Å². The van der Waals surface area contributed by atoms with Gasteiger partial charge in [0.15, 0.2) is 21.3 Å². The van der Waals surface area contributed by atoms with Gasteiger partial charge in [0, 0.05) is 30.2 Å². The van der Waals surface area contributed by atoms with Gasteiger partial charge in [-0.2, -0.15) is 0 Å². The molecule has 0 amide bonds. The van der Waals surface area contributed by atoms with Crippen LogP contribution in [-0.2, 0) is 14.6 Å². The second-order valence-electron chi connectivity index (χ2n) is 11.9. The first-order valence-electron chi connectivity index (χ1n) is 14.5. The van der Waals surface area contributed by atoms with E-state index in [1.54, 1.807) is 42.2 Å². The Kier molecular flexibility index (Phi) is 8.29. The fraction of sp³-hybridized carbons (Fsp3) is 0.433. The molecule has 5 heterocycles. The Hall–Kier alpha value is -3.69. The number of imidazole rings is 1. The number of hydrogen-bond donors (Lipinski definition) is 2. The summed E-state index contributed by atoms with van der Waals surface area (Å²) >= 11 is 1.57. The molecule has 0 bridgehead atoms. The zero-order valence-electron chi connectivity index (χ0n) is 25.6. The normalized spacial score (nSPS) is 18.4. The third kappa shape index (κ3) is 6.51. The van der Waals surface area contributed by atoms with E-state index >= 15 is 0 Å². The molecule has 2 aliphatic rings. The van der Waals surface area contributed by atoms with Crippen LogP contribution >= 0.6 is 11.8 Å². The van der Waals surface area contributed by atoms with Crippen molar-refractivity contribution < 1.29 is 21.9 Å². The number of nitrogens with zero attached hydrogens (tertiary/aromatic N) is 6. The lowest BCUT2D eigenvalue weighted by atomic mass is 10.1. The van der Waals surface area contributed by atoms with Crippen molar-refractivity contribution in [2.45, 2.75) is 70.0 Å². The summed E-state index contributed by atoms with van der Waals surface area (Å²) in [6.45, 7) is 8.15. The molecule has 1 aromatic carbocycles. The van der Waals surface area contributed by atoms with Crippen LogP contribution in [0.5, 0.6) is 0 Å². The number of alkyl halides is 2. The Morgan fingerprint density at radius 1 is 1.04 bits per heavy atom. The highest BCUT2D eigenvalue weighted by atomic mass is 32.2. The number of aliphatic imine (C=N–C) groups is 1. The molecule has 238 valence electrons. The largest absolute Gasteiger partial charge is 0.358 e. The van der Waals surface area contributed by atoms with E-state index < -0.39 is 28.3 Å². The second kappa shape index (κ2) is 11.9. The van der Waals surface area contributed by atoms with E-state index in [-0.39, 0.29) is 38.8 Å². The minimum atomic E-state index is -3.73. The Bertz CT molecular complexity index is 1920. The second-order valence-corrected chi connectivity index (χ2v) is 14.8. The standard InChI is InChI=1S/C30H34F2N8O3S2/c1-16-17(2)34-23(14-33-16)36-22-13-20(25-27(37-22)40(28(38-25)26(31)32)24-8-6-7-11-43-24)35-19-10-9-18(12-21(19)45(5,41)42)29-39-30(3,4)15-44-29/h9-10,12-14,24,26H,6-8,11,15H2,1-5H3,(H2,34,35,36,37). The first kappa shape index (κ1) is 31.3. The molecular weight excluding hydrogens is 623 g/mol. The first-order chi connectivity index (χ1) is 21.3. The summed E-state index contributed by atoms with van der Waals surface area (Å²) in [6, 6.07) is 6.63. The number of pyridine rings is 1. The van der Waals surface area contributed by atoms with Crippen LogP contribution in [-0.4, -0.2) is 62.1 Å². The fourth-order valence-corrected chi connectivity index (χ4v) is 7.30. The fourth-order valence-electron chi connectivity index (χ4n) is 5.28. The molecule has 0 saturated carbocycles. The predicted octanol–water partition coefficient (Wildman–Crippen LogP) is 6.64. The van der Waals surface area contributed by atoms with E-state index in [4.69, 9.17) is 9.73 Å². The van der Waals surface area contributed by atoms with Crippen LogP contribution in [0.1, 0.15) is 68.5 Å². The maximum atomic E-state index is 14.5. The molecule has 45 heavy (non-hydrogen) atoms. The van der Waals surface area contributed by atoms with E-state index in [0.717, 1.165) is 35.6 Å². The van der Waals surface area contributed by atoms with Gasteiger partial charge in [-0.15, -0.1) is 11.8 Å². The average Bonchev–Trinajstić information content (AvgIpc) is 3.55. The van der Waals surface area contributed by atoms with E-state index in [0.29, 0.717) is 30.1 Å². The molecule has 0 radical (unpaired) electrons. The number of fused-ring (bicyclic) bond motifs is 1. The van der Waals surface area contributed by atoms with E-state index in [1.165, 1.54) is 4.57 Å². The number of sulfone groups is 1. The number of rotatable bonds is 8. The zero-order valence-corrected chi connectivity index (χ0v) is 27.2. The van der Waals surface area contributed by atoms with Crippen molar-refractivity contribution in [3.05, 3.63) is 53.2 Å². The first-order valence-corrected chi connectivity index (χ1v) is 17.4. The quantitative estimate of drug-likeness (QED) is 0.212. The van der Waals surface area contributed by atoms with Gasteiger partial charge < -0.3 is 15.4 Å². The molecule has 0 aliphatic carbocycles. The minimum absolute atomic E-state index is 0.0385. The van der Waals surface area contributed by atoms with Gasteiger partial charge >= 0.3 is 0 Å². The molecule has 4 aromatic rings. The SMILES string of the molecule is Cc1ncc(Nc2cc(Nc3ccc(C4=NC(C)(C)CS4)cc3S(C)(=O)=O)c3nc(C(F)F)n(C4CCCCO4)c3n2)nc1C. The topological polar surface area (TPSA) is 136 Å². The number of aromatic nitrogens is 5. The van der Waals surface area contributed by atoms with Crippen molar-refractivity contribution in [2.75, 3.05) is 29.2 Å². The smallest absolute Gasteiger partial charge is 0.295 e. The van der Waals surface area contributed by atoms with E-state index in [9.17, 15) is 17.2 Å². The van der Waals surface area contributed by atoms with Crippen molar-refractivity contribution in [1.29, 1.82) is 0 Å². The van der Waals surface area contributed by atoms with Crippen LogP contribution in [0.25, 0.3) is 11.2 Å². The molecule has 11 nitrogen and oxygen atoms in total. The van der Waals surface area contributed by atoms with Crippen molar-refractivity contribution in [3.8, 4) is 0 Å². The number of ether oxygens (including phenoxy) is 1. The highest BCUT2D eigenvalue weighted by molar-refractivity contribution is 8.14. The maximum Gasteiger partial charge on any atom is 0.295 e. The molecule has 6 rings (SSSR count). The Morgan fingerprint density at radius 2 is 1.84 bits per heavy atom. The Morgan fingerprint density at radius 3 is 2.49 bits per heavy atom. The van der Waals surface area contributed by atoms with E-state index in [2.05, 4.69) is 30.6 Å². The Balaban J connectivity index is 1.50. The molecule has 15 heteroatoms. The van der Waals surface area contributed by atoms with Gasteiger partial charge in [-0.05, 0) is 59.1 Å². The Labute approximate surface area is 264 Å². The molecule has 1 fully saturated rings. The average molecular weight is 657 g/mol. The van der Waals surface area contributed by atoms with Crippen LogP contribution in [0.15, 0.2) is 40.4 Å². The van der Waals surface area contributed by atoms with Gasteiger partial charge in [-0.3, -0.25) is 14.5 Å². The van der Waals surface area contributed by atoms with Crippen LogP contribution in [0, 0.1) is 13.8 Å². The molecular formula is C30H34F2N8O3S2. The third-order valence-corrected chi connectivity index (χ3v) is 10.2. The lowest BCUT2D eigenvalue weighted by molar-refractivity contribution is -0.0363. The molecule has 2 aliphatic heterocycles. The molecule has 0 spiro atoms. The summed E-state index contributed by atoms with van der Waals surface area (Å²) in [5.74, 6) is 0.986. The third-order valence-electron chi connectivity index (χ3n) is 7.63. The molecule has 2 N–H and O–H groups in total. The number of halogens is 2. The van der Waals surface area contributed by atoms with Crippen molar-refractivity contribution >= 4 is 60.8 Å². The zero-order chi connectivity index (χ0) is 32.1. The number of hydrogen-bond acceptors (Lipinski definition) is 11. The van der Waals surface area contributed by atoms with E-state index in [1.807, 2.05) is 27.7 Å². The molecule has 1 atom stereocenters. The van der Waals surface area contributed by atoms with Crippen LogP contribution in [0.4, 0.5) is 31.8 Å². The maximum absolute atomic E-state index is 14.5. The number of nitrogens with one attached hydrogen (secondary N) is 2. The number of anilines is 4. The van der Waals surface area contributed by atoms with Crippen LogP contribution in [0.3, 0.4) is 0 Å². The van der Waals surface area contributed by atoms with Gasteiger partial charge in [0.2, 0.25) is 0 Å². The van der Waals surface area contributed by atoms with Crippen molar-refractivity contribution in [1.82, 2.24) is 24.5 Å². The molecule has 1 saturated heterocycles. The van der Waals surface area contributed by atoms with Crippen LogP contribution in [0.2, 0.25) is 0 Å². The summed E-state index contributed by atoms with van der Waals surface area (Å²) < 4.78 is 62.3. The van der Waals surface area contributed by atoms with Gasteiger partial charge in [0.1, 0.15) is 23.4 Å².